The van der Waals surface area contributed by atoms with Crippen LogP contribution in [0.15, 0.2) is 36.5 Å². The summed E-state index contributed by atoms with van der Waals surface area (Å²) < 4.78 is 0. The maximum absolute atomic E-state index is 12.4. The summed E-state index contributed by atoms with van der Waals surface area (Å²) in [6.45, 7) is 4.14. The second kappa shape index (κ2) is 38.4. The van der Waals surface area contributed by atoms with Crippen LogP contribution in [0.4, 0.5) is 0 Å². The molecule has 0 aliphatic carbocycles. The maximum atomic E-state index is 12.4. The fourth-order valence-corrected chi connectivity index (χ4v) is 6.17. The van der Waals surface area contributed by atoms with E-state index in [1.54, 1.807) is 0 Å². The van der Waals surface area contributed by atoms with E-state index in [2.05, 4.69) is 55.6 Å². The van der Waals surface area contributed by atoms with Crippen molar-refractivity contribution in [3.63, 3.8) is 0 Å². The number of nitrogens with one attached hydrogen (secondary N) is 1. The number of unbranched alkanes of at least 4 members (excludes halogenated alkanes) is 23. The monoisotopic (exact) mass is 676 g/mol. The minimum Gasteiger partial charge on any atom is -0.394 e. The zero-order valence-corrected chi connectivity index (χ0v) is 31.9. The third-order valence-electron chi connectivity index (χ3n) is 9.44. The molecule has 0 radical (unpaired) electrons. The number of carbonyl (C=O) groups excluding carboxylic acids is 1. The Morgan fingerprint density at radius 2 is 0.854 bits per heavy atom. The number of amides is 1. The van der Waals surface area contributed by atoms with E-state index < -0.39 is 18.2 Å². The van der Waals surface area contributed by atoms with Gasteiger partial charge in [0.15, 0.2) is 0 Å². The summed E-state index contributed by atoms with van der Waals surface area (Å²) in [6.07, 6.45) is 46.7. The van der Waals surface area contributed by atoms with Crippen LogP contribution in [-0.2, 0) is 4.79 Å². The molecule has 0 saturated carbocycles. The van der Waals surface area contributed by atoms with Gasteiger partial charge in [-0.3, -0.25) is 4.79 Å². The fourth-order valence-electron chi connectivity index (χ4n) is 6.17. The zero-order chi connectivity index (χ0) is 35.2. The number of rotatable bonds is 37. The van der Waals surface area contributed by atoms with Crippen LogP contribution in [0.2, 0.25) is 0 Å². The molecule has 5 nitrogen and oxygen atoms in total. The van der Waals surface area contributed by atoms with Crippen LogP contribution < -0.4 is 5.32 Å². The highest BCUT2D eigenvalue weighted by Crippen LogP contribution is 2.14. The molecule has 0 aromatic heterocycles. The van der Waals surface area contributed by atoms with E-state index in [1.807, 2.05) is 0 Å². The number of allylic oxidation sites excluding steroid dienone is 6. The van der Waals surface area contributed by atoms with Gasteiger partial charge in [0.05, 0.1) is 18.8 Å². The summed E-state index contributed by atoms with van der Waals surface area (Å²) in [4.78, 5) is 12.4. The normalized spacial score (nSPS) is 14.0. The molecular formula is C43H81NO4. The van der Waals surface area contributed by atoms with Crippen molar-refractivity contribution < 1.29 is 20.1 Å². The van der Waals surface area contributed by atoms with Crippen LogP contribution in [0.3, 0.4) is 0 Å². The van der Waals surface area contributed by atoms with Gasteiger partial charge in [0.25, 0.3) is 0 Å². The van der Waals surface area contributed by atoms with E-state index >= 15 is 0 Å². The summed E-state index contributed by atoms with van der Waals surface area (Å²) >= 11 is 0. The van der Waals surface area contributed by atoms with Gasteiger partial charge < -0.3 is 20.6 Å². The van der Waals surface area contributed by atoms with E-state index in [9.17, 15) is 20.1 Å². The Kier molecular flexibility index (Phi) is 37.2. The van der Waals surface area contributed by atoms with E-state index in [-0.39, 0.29) is 12.5 Å². The second-order valence-corrected chi connectivity index (χ2v) is 14.2. The zero-order valence-electron chi connectivity index (χ0n) is 31.9. The first kappa shape index (κ1) is 46.6. The molecule has 48 heavy (non-hydrogen) atoms. The van der Waals surface area contributed by atoms with Crippen LogP contribution in [0.25, 0.3) is 0 Å². The van der Waals surface area contributed by atoms with Gasteiger partial charge >= 0.3 is 0 Å². The van der Waals surface area contributed by atoms with Gasteiger partial charge in [-0.1, -0.05) is 159 Å². The molecule has 0 bridgehead atoms. The largest absolute Gasteiger partial charge is 0.394 e. The van der Waals surface area contributed by atoms with Gasteiger partial charge in [-0.25, -0.2) is 0 Å². The summed E-state index contributed by atoms with van der Waals surface area (Å²) in [7, 11) is 0. The van der Waals surface area contributed by atoms with Crippen molar-refractivity contribution in [3.05, 3.63) is 36.5 Å². The predicted octanol–water partition coefficient (Wildman–Crippen LogP) is 11.6. The third kappa shape index (κ3) is 33.1. The highest BCUT2D eigenvalue weighted by atomic mass is 16.3. The number of aliphatic hydroxyl groups is 3. The fraction of sp³-hybridized carbons (Fsp3) is 0.837. The average molecular weight is 676 g/mol. The minimum atomic E-state index is -1.17. The molecule has 4 N–H and O–H groups in total. The molecule has 0 saturated heterocycles. The Hall–Kier alpha value is -1.43. The lowest BCUT2D eigenvalue weighted by atomic mass is 10.0. The van der Waals surface area contributed by atoms with E-state index in [1.165, 1.54) is 135 Å². The average Bonchev–Trinajstić information content (AvgIpc) is 3.09. The molecule has 5 heteroatoms. The molecule has 282 valence electrons. The Labute approximate surface area is 298 Å². The number of hydrogen-bond acceptors (Lipinski definition) is 4. The van der Waals surface area contributed by atoms with Crippen molar-refractivity contribution in [2.45, 2.75) is 225 Å². The third-order valence-corrected chi connectivity index (χ3v) is 9.44. The van der Waals surface area contributed by atoms with E-state index in [0.29, 0.717) is 12.8 Å². The van der Waals surface area contributed by atoms with Gasteiger partial charge in [0.1, 0.15) is 6.10 Å². The van der Waals surface area contributed by atoms with Crippen molar-refractivity contribution in [2.24, 2.45) is 0 Å². The summed E-state index contributed by atoms with van der Waals surface area (Å²) in [5.41, 5.74) is 0. The molecule has 1 amide bonds. The SMILES string of the molecule is CCCCCCCC/C=C/CC/C=C/CCCC(O)C(O)C(CO)NC(=O)CCCCCCCCC/C=C\CCCCCCCCCC. The summed E-state index contributed by atoms with van der Waals surface area (Å²) in [5.74, 6) is -0.164. The second-order valence-electron chi connectivity index (χ2n) is 14.2. The van der Waals surface area contributed by atoms with Crippen LogP contribution in [0.1, 0.15) is 206 Å². The first-order valence-corrected chi connectivity index (χ1v) is 20.8. The molecule has 0 aromatic carbocycles. The first-order chi connectivity index (χ1) is 23.6. The quantitative estimate of drug-likeness (QED) is 0.0390. The number of carbonyl (C=O) groups is 1. The molecule has 0 fully saturated rings. The molecule has 3 atom stereocenters. The molecule has 0 aliphatic heterocycles. The number of hydrogen-bond donors (Lipinski definition) is 4. The highest BCUT2D eigenvalue weighted by Gasteiger charge is 2.26. The standard InChI is InChI=1S/C43H81NO4/c1-3-5-7-9-11-13-15-17-19-20-21-22-24-26-28-30-32-34-36-38-42(47)44-40(39-45)43(48)41(46)37-35-33-31-29-27-25-23-18-16-14-12-10-8-6-4-2/h18,20-21,23,29,31,40-41,43,45-46,48H,3-17,19,22,24-28,30,32-39H2,1-2H3,(H,44,47)/b21-20-,23-18+,31-29+. The van der Waals surface area contributed by atoms with Crippen molar-refractivity contribution in [1.29, 1.82) is 0 Å². The Balaban J connectivity index is 3.72. The van der Waals surface area contributed by atoms with Gasteiger partial charge in [-0.2, -0.15) is 0 Å². The van der Waals surface area contributed by atoms with Gasteiger partial charge in [-0.15, -0.1) is 0 Å². The lowest BCUT2D eigenvalue weighted by molar-refractivity contribution is -0.124. The molecule has 0 aromatic rings. The van der Waals surface area contributed by atoms with Crippen molar-refractivity contribution in [3.8, 4) is 0 Å². The highest BCUT2D eigenvalue weighted by molar-refractivity contribution is 5.76. The summed E-state index contributed by atoms with van der Waals surface area (Å²) in [5, 5.41) is 33.4. The van der Waals surface area contributed by atoms with Crippen molar-refractivity contribution in [1.82, 2.24) is 5.32 Å². The van der Waals surface area contributed by atoms with Gasteiger partial charge in [0.2, 0.25) is 5.91 Å². The Morgan fingerprint density at radius 1 is 0.500 bits per heavy atom. The van der Waals surface area contributed by atoms with Crippen LogP contribution in [0, 0.1) is 0 Å². The van der Waals surface area contributed by atoms with E-state index in [0.717, 1.165) is 44.9 Å². The molecule has 0 spiro atoms. The van der Waals surface area contributed by atoms with Crippen LogP contribution >= 0.6 is 0 Å². The van der Waals surface area contributed by atoms with E-state index in [4.69, 9.17) is 0 Å². The maximum Gasteiger partial charge on any atom is 0.220 e. The van der Waals surface area contributed by atoms with Crippen molar-refractivity contribution >= 4 is 5.91 Å². The molecule has 0 heterocycles. The van der Waals surface area contributed by atoms with Crippen LogP contribution in [0.5, 0.6) is 0 Å². The van der Waals surface area contributed by atoms with Gasteiger partial charge in [-0.05, 0) is 77.0 Å². The Morgan fingerprint density at radius 3 is 1.27 bits per heavy atom. The number of aliphatic hydroxyl groups excluding tert-OH is 3. The smallest absolute Gasteiger partial charge is 0.220 e. The van der Waals surface area contributed by atoms with Crippen LogP contribution in [-0.4, -0.2) is 46.1 Å². The van der Waals surface area contributed by atoms with Gasteiger partial charge in [0, 0.05) is 6.42 Å². The lowest BCUT2D eigenvalue weighted by Gasteiger charge is -2.26. The lowest BCUT2D eigenvalue weighted by Crippen LogP contribution is -2.50. The Bertz CT molecular complexity index is 749. The summed E-state index contributed by atoms with van der Waals surface area (Å²) in [6, 6.07) is -0.833. The first-order valence-electron chi connectivity index (χ1n) is 20.8. The minimum absolute atomic E-state index is 0.164. The molecule has 0 rings (SSSR count). The van der Waals surface area contributed by atoms with Crippen molar-refractivity contribution in [2.75, 3.05) is 6.61 Å². The predicted molar refractivity (Wildman–Crippen MR) is 208 cm³/mol. The molecule has 3 unspecified atom stereocenters. The molecular weight excluding hydrogens is 594 g/mol. The molecule has 0 aliphatic rings. The topological polar surface area (TPSA) is 89.8 Å².